The van der Waals surface area contributed by atoms with Gasteiger partial charge in [0.2, 0.25) is 0 Å². The summed E-state index contributed by atoms with van der Waals surface area (Å²) >= 11 is 0. The van der Waals surface area contributed by atoms with Crippen LogP contribution in [0.2, 0.25) is 0 Å². The molecule has 3 aromatic heterocycles. The van der Waals surface area contributed by atoms with Crippen molar-refractivity contribution < 1.29 is 23.4 Å². The van der Waals surface area contributed by atoms with Crippen LogP contribution in [-0.4, -0.2) is 52.2 Å². The first-order valence-electron chi connectivity index (χ1n) is 11.1. The number of carbonyl (C=O) groups is 1. The van der Waals surface area contributed by atoms with E-state index in [0.29, 0.717) is 54.3 Å². The number of fused-ring (bicyclic) bond motifs is 1. The van der Waals surface area contributed by atoms with Gasteiger partial charge in [0.1, 0.15) is 22.6 Å². The van der Waals surface area contributed by atoms with E-state index in [1.807, 2.05) is 12.1 Å². The fourth-order valence-corrected chi connectivity index (χ4v) is 4.10. The van der Waals surface area contributed by atoms with Crippen LogP contribution >= 0.6 is 0 Å². The van der Waals surface area contributed by atoms with Crippen LogP contribution in [0, 0.1) is 5.82 Å². The Morgan fingerprint density at radius 1 is 1.03 bits per heavy atom. The van der Waals surface area contributed by atoms with Crippen LogP contribution in [0.25, 0.3) is 33.6 Å². The Hall–Kier alpha value is -3.62. The number of amides is 1. The SMILES string of the molecule is CC(C)(O)c1nccc(-c2ccnc3cc(-c4ccc(C(=O)N5CCOCC5)cc4)oc23)c1F. The molecule has 0 spiro atoms. The number of hydrogen-bond donors (Lipinski definition) is 1. The number of rotatable bonds is 4. The van der Waals surface area contributed by atoms with Crippen LogP contribution in [0.4, 0.5) is 4.39 Å². The molecule has 8 heteroatoms. The number of benzene rings is 1. The van der Waals surface area contributed by atoms with Crippen molar-refractivity contribution in [1.29, 1.82) is 0 Å². The summed E-state index contributed by atoms with van der Waals surface area (Å²) in [7, 11) is 0. The van der Waals surface area contributed by atoms with E-state index in [1.54, 1.807) is 41.4 Å². The van der Waals surface area contributed by atoms with Crippen LogP contribution in [-0.2, 0) is 10.3 Å². The summed E-state index contributed by atoms with van der Waals surface area (Å²) in [5.41, 5.74) is 1.68. The average molecular weight is 461 g/mol. The van der Waals surface area contributed by atoms with E-state index >= 15 is 4.39 Å². The van der Waals surface area contributed by atoms with Crippen molar-refractivity contribution >= 4 is 17.0 Å². The molecule has 0 saturated carbocycles. The maximum atomic E-state index is 15.3. The number of carbonyl (C=O) groups excluding carboxylic acids is 1. The lowest BCUT2D eigenvalue weighted by molar-refractivity contribution is 0.0303. The predicted molar refractivity (Wildman–Crippen MR) is 125 cm³/mol. The van der Waals surface area contributed by atoms with Gasteiger partial charge < -0.3 is 19.2 Å². The predicted octanol–water partition coefficient (Wildman–Crippen LogP) is 4.40. The Morgan fingerprint density at radius 3 is 2.41 bits per heavy atom. The highest BCUT2D eigenvalue weighted by Gasteiger charge is 2.26. The zero-order valence-corrected chi connectivity index (χ0v) is 18.9. The summed E-state index contributed by atoms with van der Waals surface area (Å²) in [6.07, 6.45) is 3.05. The van der Waals surface area contributed by atoms with E-state index in [0.717, 1.165) is 5.56 Å². The van der Waals surface area contributed by atoms with Gasteiger partial charge in [0.25, 0.3) is 5.91 Å². The fraction of sp³-hybridized carbons (Fsp3) is 0.269. The maximum Gasteiger partial charge on any atom is 0.254 e. The van der Waals surface area contributed by atoms with Crippen molar-refractivity contribution in [3.05, 3.63) is 71.9 Å². The number of hydrogen-bond acceptors (Lipinski definition) is 6. The largest absolute Gasteiger partial charge is 0.454 e. The van der Waals surface area contributed by atoms with Crippen LogP contribution in [0.1, 0.15) is 29.9 Å². The number of morpholine rings is 1. The molecule has 1 aliphatic heterocycles. The highest BCUT2D eigenvalue weighted by atomic mass is 19.1. The number of nitrogens with zero attached hydrogens (tertiary/aromatic N) is 3. The van der Waals surface area contributed by atoms with Gasteiger partial charge in [-0.25, -0.2) is 4.39 Å². The van der Waals surface area contributed by atoms with E-state index in [4.69, 9.17) is 9.15 Å². The van der Waals surface area contributed by atoms with Crippen LogP contribution < -0.4 is 0 Å². The summed E-state index contributed by atoms with van der Waals surface area (Å²) in [6.45, 7) is 5.24. The van der Waals surface area contributed by atoms with E-state index in [-0.39, 0.29) is 17.2 Å². The minimum atomic E-state index is -1.43. The fourth-order valence-electron chi connectivity index (χ4n) is 4.10. The molecule has 34 heavy (non-hydrogen) atoms. The van der Waals surface area contributed by atoms with E-state index in [9.17, 15) is 9.90 Å². The molecule has 1 fully saturated rings. The second-order valence-electron chi connectivity index (χ2n) is 8.75. The highest BCUT2D eigenvalue weighted by molar-refractivity contribution is 5.95. The minimum Gasteiger partial charge on any atom is -0.454 e. The number of furan rings is 1. The van der Waals surface area contributed by atoms with Crippen molar-refractivity contribution in [3.63, 3.8) is 0 Å². The van der Waals surface area contributed by atoms with E-state index in [1.165, 1.54) is 20.0 Å². The molecule has 0 unspecified atom stereocenters. The minimum absolute atomic E-state index is 0.0285. The zero-order chi connectivity index (χ0) is 23.9. The number of aliphatic hydroxyl groups is 1. The third-order valence-corrected chi connectivity index (χ3v) is 5.89. The molecule has 0 radical (unpaired) electrons. The average Bonchev–Trinajstić information content (AvgIpc) is 3.28. The van der Waals surface area contributed by atoms with E-state index in [2.05, 4.69) is 9.97 Å². The summed E-state index contributed by atoms with van der Waals surface area (Å²) in [5, 5.41) is 10.3. The van der Waals surface area contributed by atoms with Crippen molar-refractivity contribution in [2.24, 2.45) is 0 Å². The zero-order valence-electron chi connectivity index (χ0n) is 18.9. The molecule has 4 aromatic rings. The van der Waals surface area contributed by atoms with Crippen molar-refractivity contribution in [2.45, 2.75) is 19.4 Å². The van der Waals surface area contributed by atoms with Crippen molar-refractivity contribution in [3.8, 4) is 22.5 Å². The van der Waals surface area contributed by atoms with Crippen LogP contribution in [0.15, 0.2) is 59.3 Å². The molecule has 1 saturated heterocycles. The lowest BCUT2D eigenvalue weighted by atomic mass is 9.98. The number of aromatic nitrogens is 2. The molecule has 1 amide bonds. The van der Waals surface area contributed by atoms with Crippen LogP contribution in [0.3, 0.4) is 0 Å². The van der Waals surface area contributed by atoms with Gasteiger partial charge >= 0.3 is 0 Å². The first-order chi connectivity index (χ1) is 16.3. The molecule has 1 aromatic carbocycles. The summed E-state index contributed by atoms with van der Waals surface area (Å²) in [6, 6.07) is 12.2. The second kappa shape index (κ2) is 8.62. The van der Waals surface area contributed by atoms with Gasteiger partial charge in [-0.15, -0.1) is 0 Å². The van der Waals surface area contributed by atoms with E-state index < -0.39 is 11.4 Å². The first-order valence-corrected chi connectivity index (χ1v) is 11.1. The first kappa shape index (κ1) is 22.2. The molecule has 1 N–H and O–H groups in total. The quantitative estimate of drug-likeness (QED) is 0.485. The van der Waals surface area contributed by atoms with Gasteiger partial charge in [-0.05, 0) is 38.1 Å². The lowest BCUT2D eigenvalue weighted by Gasteiger charge is -2.26. The third kappa shape index (κ3) is 4.06. The standard InChI is InChI=1S/C26H24FN3O4/c1-26(2,32)24-22(27)18(7-10-29-24)19-8-9-28-20-15-21(34-23(19)20)16-3-5-17(6-4-16)25(31)30-11-13-33-14-12-30/h3-10,15,32H,11-14H2,1-2H3. The molecule has 0 bridgehead atoms. The lowest BCUT2D eigenvalue weighted by Crippen LogP contribution is -2.40. The topological polar surface area (TPSA) is 88.7 Å². The number of halogens is 1. The molecule has 7 nitrogen and oxygen atoms in total. The second-order valence-corrected chi connectivity index (χ2v) is 8.75. The highest BCUT2D eigenvalue weighted by Crippen LogP contribution is 2.36. The molecule has 1 aliphatic rings. The Morgan fingerprint density at radius 2 is 1.71 bits per heavy atom. The van der Waals surface area contributed by atoms with Crippen molar-refractivity contribution in [2.75, 3.05) is 26.3 Å². The summed E-state index contributed by atoms with van der Waals surface area (Å²) in [5.74, 6) is -0.0805. The Labute approximate surface area is 195 Å². The summed E-state index contributed by atoms with van der Waals surface area (Å²) in [4.78, 5) is 22.9. The Bertz CT molecular complexity index is 1350. The molecular weight excluding hydrogens is 437 g/mol. The van der Waals surface area contributed by atoms with Gasteiger partial charge in [0.05, 0.1) is 13.2 Å². The Balaban J connectivity index is 1.50. The Kier molecular flexibility index (Phi) is 5.63. The molecule has 0 atom stereocenters. The normalized spacial score (nSPS) is 14.5. The molecule has 4 heterocycles. The molecule has 174 valence electrons. The third-order valence-electron chi connectivity index (χ3n) is 5.89. The van der Waals surface area contributed by atoms with Gasteiger partial charge in [0, 0.05) is 53.8 Å². The number of pyridine rings is 2. The molecule has 0 aliphatic carbocycles. The van der Waals surface area contributed by atoms with Gasteiger partial charge in [-0.3, -0.25) is 14.8 Å². The van der Waals surface area contributed by atoms with Crippen molar-refractivity contribution in [1.82, 2.24) is 14.9 Å². The van der Waals surface area contributed by atoms with Gasteiger partial charge in [-0.1, -0.05) is 12.1 Å². The molecular formula is C26H24FN3O4. The smallest absolute Gasteiger partial charge is 0.254 e. The monoisotopic (exact) mass is 461 g/mol. The van der Waals surface area contributed by atoms with Crippen LogP contribution in [0.5, 0.6) is 0 Å². The van der Waals surface area contributed by atoms with Gasteiger partial charge in [0.15, 0.2) is 11.4 Å². The summed E-state index contributed by atoms with van der Waals surface area (Å²) < 4.78 is 26.7. The number of ether oxygens (including phenoxy) is 1. The molecule has 5 rings (SSSR count). The maximum absolute atomic E-state index is 15.3. The van der Waals surface area contributed by atoms with Gasteiger partial charge in [-0.2, -0.15) is 0 Å².